The van der Waals surface area contributed by atoms with Crippen LogP contribution in [0.25, 0.3) is 0 Å². The van der Waals surface area contributed by atoms with Gasteiger partial charge in [0.15, 0.2) is 0 Å². The number of hydrogen-bond donors (Lipinski definition) is 1. The van der Waals surface area contributed by atoms with Crippen molar-refractivity contribution >= 4 is 23.7 Å². The maximum Gasteiger partial charge on any atom is 0.271 e. The van der Waals surface area contributed by atoms with Crippen LogP contribution in [0.5, 0.6) is 0 Å². The van der Waals surface area contributed by atoms with Crippen molar-refractivity contribution < 1.29 is 4.79 Å². The second-order valence-electron chi connectivity index (χ2n) is 4.41. The third-order valence-corrected chi connectivity index (χ3v) is 3.28. The fourth-order valence-electron chi connectivity index (χ4n) is 1.80. The summed E-state index contributed by atoms with van der Waals surface area (Å²) in [5.74, 6) is -0.280. The van der Waals surface area contributed by atoms with E-state index >= 15 is 0 Å². The van der Waals surface area contributed by atoms with Gasteiger partial charge in [0, 0.05) is 28.9 Å². The summed E-state index contributed by atoms with van der Waals surface area (Å²) in [6.07, 6.45) is 1.60. The quantitative estimate of drug-likeness (QED) is 0.697. The van der Waals surface area contributed by atoms with Gasteiger partial charge in [-0.2, -0.15) is 10.2 Å². The highest BCUT2D eigenvalue weighted by Gasteiger charge is 2.07. The molecule has 0 saturated carbocycles. The molecule has 1 heterocycles. The lowest BCUT2D eigenvalue weighted by Crippen LogP contribution is -2.17. The minimum atomic E-state index is -0.280. The molecule has 2 rings (SSSR count). The average molecular weight is 291 g/mol. The van der Waals surface area contributed by atoms with Gasteiger partial charge in [-0.05, 0) is 38.1 Å². The predicted molar refractivity (Wildman–Crippen MR) is 79.2 cm³/mol. The molecule has 0 aliphatic rings. The van der Waals surface area contributed by atoms with Crippen molar-refractivity contribution in [3.05, 3.63) is 51.8 Å². The van der Waals surface area contributed by atoms with Gasteiger partial charge >= 0.3 is 0 Å². The van der Waals surface area contributed by atoms with Gasteiger partial charge < -0.3 is 0 Å². The first-order chi connectivity index (χ1) is 9.49. The van der Waals surface area contributed by atoms with E-state index in [0.717, 1.165) is 17.0 Å². The van der Waals surface area contributed by atoms with Gasteiger partial charge in [0.1, 0.15) is 0 Å². The van der Waals surface area contributed by atoms with Crippen LogP contribution in [0.1, 0.15) is 27.3 Å². The lowest BCUT2D eigenvalue weighted by Gasteiger charge is -2.00. The zero-order valence-electron chi connectivity index (χ0n) is 11.5. The van der Waals surface area contributed by atoms with E-state index in [2.05, 4.69) is 15.6 Å². The summed E-state index contributed by atoms with van der Waals surface area (Å²) in [4.78, 5) is 11.8. The lowest BCUT2D eigenvalue weighted by atomic mass is 10.2. The van der Waals surface area contributed by atoms with Crippen LogP contribution in [0.4, 0.5) is 0 Å². The van der Waals surface area contributed by atoms with Crippen molar-refractivity contribution in [2.45, 2.75) is 13.8 Å². The highest BCUT2D eigenvalue weighted by molar-refractivity contribution is 6.30. The van der Waals surface area contributed by atoms with Crippen LogP contribution in [0.15, 0.2) is 29.4 Å². The van der Waals surface area contributed by atoms with Gasteiger partial charge in [-0.15, -0.1) is 0 Å². The Bertz CT molecular complexity index is 659. The highest BCUT2D eigenvalue weighted by Crippen LogP contribution is 2.10. The molecule has 2 aromatic rings. The molecule has 1 aromatic carbocycles. The lowest BCUT2D eigenvalue weighted by molar-refractivity contribution is 0.0955. The van der Waals surface area contributed by atoms with E-state index in [-0.39, 0.29) is 5.91 Å². The summed E-state index contributed by atoms with van der Waals surface area (Å²) < 4.78 is 1.78. The van der Waals surface area contributed by atoms with E-state index in [0.29, 0.717) is 10.6 Å². The monoisotopic (exact) mass is 290 g/mol. The molecular formula is C14H15ClN4O. The largest absolute Gasteiger partial charge is 0.272 e. The zero-order valence-corrected chi connectivity index (χ0v) is 12.3. The molecule has 0 aliphatic heterocycles. The summed E-state index contributed by atoms with van der Waals surface area (Å²) in [6, 6.07) is 6.62. The van der Waals surface area contributed by atoms with Crippen LogP contribution >= 0.6 is 11.6 Å². The fourth-order valence-corrected chi connectivity index (χ4v) is 1.92. The van der Waals surface area contributed by atoms with Gasteiger partial charge in [-0.1, -0.05) is 11.6 Å². The Balaban J connectivity index is 2.06. The number of halogens is 1. The summed E-state index contributed by atoms with van der Waals surface area (Å²) in [6.45, 7) is 3.84. The van der Waals surface area contributed by atoms with Crippen LogP contribution in [0, 0.1) is 13.8 Å². The molecule has 1 N–H and O–H groups in total. The minimum absolute atomic E-state index is 0.280. The van der Waals surface area contributed by atoms with E-state index < -0.39 is 0 Å². The zero-order chi connectivity index (χ0) is 14.7. The van der Waals surface area contributed by atoms with E-state index in [9.17, 15) is 4.79 Å². The summed E-state index contributed by atoms with van der Waals surface area (Å²) in [5, 5.41) is 8.83. The molecule has 104 valence electrons. The summed E-state index contributed by atoms with van der Waals surface area (Å²) >= 11 is 5.77. The number of carbonyl (C=O) groups is 1. The van der Waals surface area contributed by atoms with E-state index in [1.807, 2.05) is 20.9 Å². The Labute approximate surface area is 122 Å². The molecule has 0 bridgehead atoms. The molecule has 6 heteroatoms. The molecule has 0 aliphatic carbocycles. The van der Waals surface area contributed by atoms with E-state index in [4.69, 9.17) is 11.6 Å². The van der Waals surface area contributed by atoms with Crippen molar-refractivity contribution in [2.75, 3.05) is 0 Å². The SMILES string of the molecule is Cc1nn(C)c(C)c1/C=N\NC(=O)c1ccc(Cl)cc1. The second-order valence-corrected chi connectivity index (χ2v) is 4.85. The number of nitrogens with zero attached hydrogens (tertiary/aromatic N) is 3. The first-order valence-electron chi connectivity index (χ1n) is 6.08. The van der Waals surface area contributed by atoms with Crippen LogP contribution in [-0.2, 0) is 7.05 Å². The number of carbonyl (C=O) groups excluding carboxylic acids is 1. The van der Waals surface area contributed by atoms with Crippen LogP contribution in [0.2, 0.25) is 5.02 Å². The van der Waals surface area contributed by atoms with Crippen LogP contribution in [0.3, 0.4) is 0 Å². The molecule has 0 atom stereocenters. The maximum atomic E-state index is 11.8. The molecule has 1 aromatic heterocycles. The molecule has 0 fully saturated rings. The number of aryl methyl sites for hydroxylation is 2. The first kappa shape index (κ1) is 14.3. The fraction of sp³-hybridized carbons (Fsp3) is 0.214. The Morgan fingerprint density at radius 2 is 2.00 bits per heavy atom. The Morgan fingerprint density at radius 3 is 2.55 bits per heavy atom. The Kier molecular flexibility index (Phi) is 4.20. The van der Waals surface area contributed by atoms with Crippen LogP contribution < -0.4 is 5.43 Å². The third-order valence-electron chi connectivity index (χ3n) is 3.03. The Hall–Kier alpha value is -2.14. The first-order valence-corrected chi connectivity index (χ1v) is 6.46. The molecule has 5 nitrogen and oxygen atoms in total. The normalized spacial score (nSPS) is 11.0. The van der Waals surface area contributed by atoms with Gasteiger partial charge in [0.2, 0.25) is 0 Å². The number of hydrazone groups is 1. The van der Waals surface area contributed by atoms with Gasteiger partial charge in [0.05, 0.1) is 11.9 Å². The summed E-state index contributed by atoms with van der Waals surface area (Å²) in [7, 11) is 1.87. The van der Waals surface area contributed by atoms with Crippen molar-refractivity contribution in [1.29, 1.82) is 0 Å². The molecule has 0 radical (unpaired) electrons. The molecule has 0 spiro atoms. The number of hydrogen-bond acceptors (Lipinski definition) is 3. The molecular weight excluding hydrogens is 276 g/mol. The van der Waals surface area contributed by atoms with Crippen molar-refractivity contribution in [3.63, 3.8) is 0 Å². The number of rotatable bonds is 3. The third kappa shape index (κ3) is 3.05. The van der Waals surface area contributed by atoms with Gasteiger partial charge in [-0.25, -0.2) is 5.43 Å². The van der Waals surface area contributed by atoms with Gasteiger partial charge in [0.25, 0.3) is 5.91 Å². The highest BCUT2D eigenvalue weighted by atomic mass is 35.5. The number of nitrogens with one attached hydrogen (secondary N) is 1. The van der Waals surface area contributed by atoms with Crippen molar-refractivity contribution in [2.24, 2.45) is 12.1 Å². The smallest absolute Gasteiger partial charge is 0.271 e. The number of amides is 1. The summed E-state index contributed by atoms with van der Waals surface area (Å²) in [5.41, 5.74) is 5.76. The molecule has 0 saturated heterocycles. The molecule has 1 amide bonds. The van der Waals surface area contributed by atoms with Crippen molar-refractivity contribution in [1.82, 2.24) is 15.2 Å². The van der Waals surface area contributed by atoms with E-state index in [1.54, 1.807) is 35.2 Å². The molecule has 20 heavy (non-hydrogen) atoms. The average Bonchev–Trinajstić information content (AvgIpc) is 2.65. The predicted octanol–water partition coefficient (Wildman–Crippen LogP) is 2.45. The molecule has 0 unspecified atom stereocenters. The topological polar surface area (TPSA) is 59.3 Å². The number of benzene rings is 1. The van der Waals surface area contributed by atoms with Crippen LogP contribution in [-0.4, -0.2) is 21.9 Å². The maximum absolute atomic E-state index is 11.8. The second kappa shape index (κ2) is 5.88. The standard InChI is InChI=1S/C14H15ClN4O/c1-9-13(10(2)19(3)18-9)8-16-17-14(20)11-4-6-12(15)7-5-11/h4-8H,1-3H3,(H,17,20)/b16-8-. The Morgan fingerprint density at radius 1 is 1.35 bits per heavy atom. The van der Waals surface area contributed by atoms with E-state index in [1.165, 1.54) is 0 Å². The minimum Gasteiger partial charge on any atom is -0.272 e. The van der Waals surface area contributed by atoms with Crippen molar-refractivity contribution in [3.8, 4) is 0 Å². The number of aromatic nitrogens is 2. The van der Waals surface area contributed by atoms with Gasteiger partial charge in [-0.3, -0.25) is 9.48 Å².